The van der Waals surface area contributed by atoms with Gasteiger partial charge < -0.3 is 0 Å². The van der Waals surface area contributed by atoms with E-state index in [1.54, 1.807) is 5.48 Å². The maximum atomic E-state index is 12.8. The van der Waals surface area contributed by atoms with Crippen LogP contribution >= 0.6 is 11.6 Å². The van der Waals surface area contributed by atoms with E-state index in [1.807, 2.05) is 0 Å². The van der Waals surface area contributed by atoms with Gasteiger partial charge in [0.2, 0.25) is 0 Å². The van der Waals surface area contributed by atoms with Crippen LogP contribution < -0.4 is 5.48 Å². The van der Waals surface area contributed by atoms with Gasteiger partial charge in [0.25, 0.3) is 5.91 Å². The largest absolute Gasteiger partial charge is 0.417 e. The molecule has 2 rings (SSSR count). The maximum Gasteiger partial charge on any atom is 0.417 e. The number of carbonyl (C=O) groups excluding carboxylic acids is 1. The van der Waals surface area contributed by atoms with Crippen molar-refractivity contribution >= 4 is 17.5 Å². The van der Waals surface area contributed by atoms with Crippen molar-refractivity contribution in [3.05, 3.63) is 63.9 Å². The van der Waals surface area contributed by atoms with E-state index in [2.05, 4.69) is 4.98 Å². The SMILES string of the molecule is O=C(NOCc1ncc(C(F)(F)F)cc1Cl)c1ccccc1C(F)(F)F. The van der Waals surface area contributed by atoms with Crippen molar-refractivity contribution in [2.75, 3.05) is 0 Å². The zero-order chi connectivity index (χ0) is 19.5. The Morgan fingerprint density at radius 3 is 2.35 bits per heavy atom. The first-order valence-corrected chi connectivity index (χ1v) is 7.18. The maximum absolute atomic E-state index is 12.8. The molecule has 1 aromatic heterocycles. The number of hydrogen-bond acceptors (Lipinski definition) is 3. The Morgan fingerprint density at radius 1 is 1.12 bits per heavy atom. The zero-order valence-electron chi connectivity index (χ0n) is 12.6. The molecule has 1 amide bonds. The Morgan fingerprint density at radius 2 is 1.77 bits per heavy atom. The summed E-state index contributed by atoms with van der Waals surface area (Å²) in [6.07, 6.45) is -8.86. The van der Waals surface area contributed by atoms with Gasteiger partial charge in [0.1, 0.15) is 6.61 Å². The quantitative estimate of drug-likeness (QED) is 0.603. The lowest BCUT2D eigenvalue weighted by molar-refractivity contribution is -0.138. The number of alkyl halides is 6. The number of rotatable bonds is 4. The highest BCUT2D eigenvalue weighted by atomic mass is 35.5. The molecule has 1 aromatic carbocycles. The minimum atomic E-state index is -4.74. The second kappa shape index (κ2) is 7.50. The number of pyridine rings is 1. The standard InChI is InChI=1S/C15H9ClF6N2O2/c16-11-5-8(14(17,18)19)6-23-12(11)7-26-24-13(25)9-3-1-2-4-10(9)15(20,21)22/h1-6H,7H2,(H,24,25). The van der Waals surface area contributed by atoms with E-state index >= 15 is 0 Å². The summed E-state index contributed by atoms with van der Waals surface area (Å²) in [5.41, 5.74) is -1.27. The van der Waals surface area contributed by atoms with Crippen LogP contribution in [0.25, 0.3) is 0 Å². The van der Waals surface area contributed by atoms with Crippen LogP contribution in [-0.2, 0) is 23.8 Å². The van der Waals surface area contributed by atoms with Gasteiger partial charge in [-0.1, -0.05) is 23.7 Å². The molecule has 26 heavy (non-hydrogen) atoms. The molecule has 140 valence electrons. The lowest BCUT2D eigenvalue weighted by atomic mass is 10.1. The van der Waals surface area contributed by atoms with Gasteiger partial charge in [-0.3, -0.25) is 14.6 Å². The lowest BCUT2D eigenvalue weighted by Crippen LogP contribution is -2.26. The Bertz CT molecular complexity index is 807. The molecule has 11 heteroatoms. The highest BCUT2D eigenvalue weighted by Crippen LogP contribution is 2.32. The average Bonchev–Trinajstić information content (AvgIpc) is 2.54. The third kappa shape index (κ3) is 4.85. The summed E-state index contributed by atoms with van der Waals surface area (Å²) >= 11 is 5.65. The van der Waals surface area contributed by atoms with E-state index in [4.69, 9.17) is 16.4 Å². The third-order valence-corrected chi connectivity index (χ3v) is 3.42. The van der Waals surface area contributed by atoms with Crippen LogP contribution in [0.15, 0.2) is 36.5 Å². The predicted octanol–water partition coefficient (Wildman–Crippen LogP) is 4.63. The molecule has 2 aromatic rings. The number of nitrogens with one attached hydrogen (secondary N) is 1. The molecule has 0 fully saturated rings. The van der Waals surface area contributed by atoms with Gasteiger partial charge in [-0.2, -0.15) is 26.3 Å². The van der Waals surface area contributed by atoms with Crippen LogP contribution in [0.2, 0.25) is 5.02 Å². The Labute approximate surface area is 147 Å². The molecule has 4 nitrogen and oxygen atoms in total. The molecule has 1 heterocycles. The predicted molar refractivity (Wildman–Crippen MR) is 77.9 cm³/mol. The van der Waals surface area contributed by atoms with Gasteiger partial charge in [-0.05, 0) is 18.2 Å². The van der Waals surface area contributed by atoms with Gasteiger partial charge >= 0.3 is 12.4 Å². The summed E-state index contributed by atoms with van der Waals surface area (Å²) in [5, 5.41) is -0.371. The van der Waals surface area contributed by atoms with Crippen molar-refractivity contribution < 1.29 is 36.0 Å². The van der Waals surface area contributed by atoms with Gasteiger partial charge in [0, 0.05) is 6.20 Å². The van der Waals surface area contributed by atoms with E-state index in [-0.39, 0.29) is 10.7 Å². The van der Waals surface area contributed by atoms with E-state index in [0.29, 0.717) is 12.3 Å². The molecule has 0 aliphatic heterocycles. The molecule has 0 saturated heterocycles. The normalized spacial score (nSPS) is 12.1. The molecule has 0 radical (unpaired) electrons. The van der Waals surface area contributed by atoms with E-state index in [9.17, 15) is 31.1 Å². The van der Waals surface area contributed by atoms with Gasteiger partial charge in [0.15, 0.2) is 0 Å². The highest BCUT2D eigenvalue weighted by Gasteiger charge is 2.35. The molecule has 0 bridgehead atoms. The molecular formula is C15H9ClF6N2O2. The summed E-state index contributed by atoms with van der Waals surface area (Å²) < 4.78 is 76.0. The first kappa shape index (κ1) is 20.0. The fourth-order valence-electron chi connectivity index (χ4n) is 1.88. The molecule has 0 aliphatic rings. The molecular weight excluding hydrogens is 390 g/mol. The minimum Gasteiger partial charge on any atom is -0.267 e. The van der Waals surface area contributed by atoms with Crippen molar-refractivity contribution in [1.29, 1.82) is 0 Å². The Hall–Kier alpha value is -2.33. The van der Waals surface area contributed by atoms with Crippen LogP contribution in [0.5, 0.6) is 0 Å². The van der Waals surface area contributed by atoms with Crippen molar-refractivity contribution in [3.63, 3.8) is 0 Å². The number of nitrogens with zero attached hydrogens (tertiary/aromatic N) is 1. The van der Waals surface area contributed by atoms with Crippen molar-refractivity contribution in [2.45, 2.75) is 19.0 Å². The number of amides is 1. The smallest absolute Gasteiger partial charge is 0.267 e. The third-order valence-electron chi connectivity index (χ3n) is 3.10. The van der Waals surface area contributed by atoms with Crippen molar-refractivity contribution in [3.8, 4) is 0 Å². The number of carbonyl (C=O) groups is 1. The number of aromatic nitrogens is 1. The minimum absolute atomic E-state index is 0.135. The first-order valence-electron chi connectivity index (χ1n) is 6.80. The number of hydroxylamine groups is 1. The summed E-state index contributed by atoms with van der Waals surface area (Å²) in [4.78, 5) is 20.0. The van der Waals surface area contributed by atoms with Crippen LogP contribution in [0, 0.1) is 0 Å². The number of halogens is 7. The van der Waals surface area contributed by atoms with Crippen LogP contribution in [0.1, 0.15) is 27.2 Å². The van der Waals surface area contributed by atoms with Crippen LogP contribution in [-0.4, -0.2) is 10.9 Å². The van der Waals surface area contributed by atoms with Crippen molar-refractivity contribution in [2.24, 2.45) is 0 Å². The average molecular weight is 399 g/mol. The molecule has 0 atom stereocenters. The molecule has 0 unspecified atom stereocenters. The van der Waals surface area contributed by atoms with Crippen molar-refractivity contribution in [1.82, 2.24) is 10.5 Å². The highest BCUT2D eigenvalue weighted by molar-refractivity contribution is 6.31. The summed E-state index contributed by atoms with van der Waals surface area (Å²) in [6.45, 7) is -0.545. The lowest BCUT2D eigenvalue weighted by Gasteiger charge is -2.13. The topological polar surface area (TPSA) is 51.2 Å². The number of hydrogen-bond donors (Lipinski definition) is 1. The fraction of sp³-hybridized carbons (Fsp3) is 0.200. The molecule has 0 saturated carbocycles. The van der Waals surface area contributed by atoms with Crippen LogP contribution in [0.3, 0.4) is 0 Å². The Kier molecular flexibility index (Phi) is 5.77. The van der Waals surface area contributed by atoms with E-state index in [1.165, 1.54) is 6.07 Å². The van der Waals surface area contributed by atoms with Crippen LogP contribution in [0.4, 0.5) is 26.3 Å². The molecule has 0 spiro atoms. The van der Waals surface area contributed by atoms with Gasteiger partial charge in [-0.15, -0.1) is 0 Å². The zero-order valence-corrected chi connectivity index (χ0v) is 13.3. The monoisotopic (exact) mass is 398 g/mol. The Balaban J connectivity index is 2.04. The summed E-state index contributed by atoms with van der Waals surface area (Å²) in [7, 11) is 0. The second-order valence-electron chi connectivity index (χ2n) is 4.91. The second-order valence-corrected chi connectivity index (χ2v) is 5.32. The first-order chi connectivity index (χ1) is 12.0. The number of benzene rings is 1. The molecule has 1 N–H and O–H groups in total. The van der Waals surface area contributed by atoms with Gasteiger partial charge in [0.05, 0.1) is 27.4 Å². The summed E-state index contributed by atoms with van der Waals surface area (Å²) in [6, 6.07) is 4.65. The summed E-state index contributed by atoms with van der Waals surface area (Å²) in [5.74, 6) is -1.18. The van der Waals surface area contributed by atoms with Gasteiger partial charge in [-0.25, -0.2) is 5.48 Å². The van der Waals surface area contributed by atoms with E-state index < -0.39 is 41.6 Å². The molecule has 0 aliphatic carbocycles. The van der Waals surface area contributed by atoms with E-state index in [0.717, 1.165) is 18.2 Å². The fourth-order valence-corrected chi connectivity index (χ4v) is 2.10.